The zero-order valence-electron chi connectivity index (χ0n) is 9.99. The number of benzene rings is 1. The fraction of sp³-hybridized carbons (Fsp3) is 0.538. The molecule has 0 amide bonds. The molecule has 0 aliphatic rings. The number of aryl methyl sites for hydroxylation is 1. The third-order valence-electron chi connectivity index (χ3n) is 2.28. The van der Waals surface area contributed by atoms with Gasteiger partial charge in [0, 0.05) is 6.61 Å². The second kappa shape index (κ2) is 6.59. The summed E-state index contributed by atoms with van der Waals surface area (Å²) in [6.07, 6.45) is 1.10. The van der Waals surface area contributed by atoms with Crippen molar-refractivity contribution in [1.82, 2.24) is 4.90 Å². The highest BCUT2D eigenvalue weighted by Crippen LogP contribution is 2.04. The Morgan fingerprint density at radius 2 is 1.80 bits per heavy atom. The maximum Gasteiger partial charge on any atom is 0.0716 e. The Balaban J connectivity index is 2.12. The van der Waals surface area contributed by atoms with Crippen LogP contribution in [0.25, 0.3) is 0 Å². The van der Waals surface area contributed by atoms with E-state index in [0.717, 1.165) is 26.2 Å². The minimum absolute atomic E-state index is 0.730. The molecule has 0 bridgehead atoms. The molecule has 0 atom stereocenters. The molecular weight excluding hydrogens is 186 g/mol. The van der Waals surface area contributed by atoms with E-state index in [9.17, 15) is 0 Å². The maximum atomic E-state index is 5.58. The molecule has 0 radical (unpaired) electrons. The summed E-state index contributed by atoms with van der Waals surface area (Å²) in [6, 6.07) is 8.50. The van der Waals surface area contributed by atoms with Gasteiger partial charge in [-0.2, -0.15) is 0 Å². The van der Waals surface area contributed by atoms with Crippen LogP contribution in [0.5, 0.6) is 0 Å². The molecule has 0 saturated heterocycles. The Hall–Kier alpha value is -0.860. The summed E-state index contributed by atoms with van der Waals surface area (Å²) in [4.78, 5) is 2.18. The van der Waals surface area contributed by atoms with E-state index >= 15 is 0 Å². The molecule has 0 saturated carbocycles. The van der Waals surface area contributed by atoms with E-state index in [2.05, 4.69) is 50.2 Å². The number of ether oxygens (including phenoxy) is 1. The standard InChI is InChI=1S/C13H21NO/c1-12-5-7-13(8-6-12)11-15-10-4-9-14(2)3/h5-8H,4,9-11H2,1-3H3. The quantitative estimate of drug-likeness (QED) is 0.664. The van der Waals surface area contributed by atoms with Crippen LogP contribution < -0.4 is 0 Å². The summed E-state index contributed by atoms with van der Waals surface area (Å²) in [5, 5.41) is 0. The molecule has 0 N–H and O–H groups in total. The predicted octanol–water partition coefficient (Wildman–Crippen LogP) is 2.46. The average Bonchev–Trinajstić information content (AvgIpc) is 2.20. The van der Waals surface area contributed by atoms with Crippen molar-refractivity contribution in [3.8, 4) is 0 Å². The number of hydrogen-bond donors (Lipinski definition) is 0. The fourth-order valence-corrected chi connectivity index (χ4v) is 1.36. The van der Waals surface area contributed by atoms with Gasteiger partial charge in [0.2, 0.25) is 0 Å². The third-order valence-corrected chi connectivity index (χ3v) is 2.28. The molecule has 84 valence electrons. The van der Waals surface area contributed by atoms with Gasteiger partial charge in [-0.05, 0) is 39.5 Å². The molecule has 1 aromatic rings. The first-order chi connectivity index (χ1) is 7.18. The topological polar surface area (TPSA) is 12.5 Å². The van der Waals surface area contributed by atoms with Crippen molar-refractivity contribution in [1.29, 1.82) is 0 Å². The van der Waals surface area contributed by atoms with Gasteiger partial charge in [0.1, 0.15) is 0 Å². The normalized spacial score (nSPS) is 10.9. The molecule has 0 fully saturated rings. The summed E-state index contributed by atoms with van der Waals surface area (Å²) < 4.78 is 5.58. The lowest BCUT2D eigenvalue weighted by Crippen LogP contribution is -2.14. The van der Waals surface area contributed by atoms with E-state index in [4.69, 9.17) is 4.74 Å². The Morgan fingerprint density at radius 3 is 2.40 bits per heavy atom. The van der Waals surface area contributed by atoms with Crippen molar-refractivity contribution in [2.45, 2.75) is 20.0 Å². The molecule has 0 aliphatic carbocycles. The smallest absolute Gasteiger partial charge is 0.0716 e. The van der Waals surface area contributed by atoms with E-state index in [-0.39, 0.29) is 0 Å². The lowest BCUT2D eigenvalue weighted by molar-refractivity contribution is 0.113. The van der Waals surface area contributed by atoms with Crippen LogP contribution in [0, 0.1) is 6.92 Å². The second-order valence-electron chi connectivity index (χ2n) is 4.20. The first-order valence-electron chi connectivity index (χ1n) is 5.46. The van der Waals surface area contributed by atoms with Crippen LogP contribution in [0.3, 0.4) is 0 Å². The molecule has 0 aromatic heterocycles. The summed E-state index contributed by atoms with van der Waals surface area (Å²) >= 11 is 0. The van der Waals surface area contributed by atoms with E-state index in [0.29, 0.717) is 0 Å². The van der Waals surface area contributed by atoms with Gasteiger partial charge in [-0.25, -0.2) is 0 Å². The zero-order valence-corrected chi connectivity index (χ0v) is 9.99. The number of rotatable bonds is 6. The van der Waals surface area contributed by atoms with Crippen LogP contribution in [0.15, 0.2) is 24.3 Å². The Morgan fingerprint density at radius 1 is 1.13 bits per heavy atom. The van der Waals surface area contributed by atoms with Crippen molar-refractivity contribution in [2.75, 3.05) is 27.2 Å². The van der Waals surface area contributed by atoms with E-state index in [1.54, 1.807) is 0 Å². The van der Waals surface area contributed by atoms with Gasteiger partial charge in [0.15, 0.2) is 0 Å². The lowest BCUT2D eigenvalue weighted by atomic mass is 10.2. The van der Waals surface area contributed by atoms with Crippen LogP contribution in [0.2, 0.25) is 0 Å². The van der Waals surface area contributed by atoms with Crippen LogP contribution in [-0.2, 0) is 11.3 Å². The van der Waals surface area contributed by atoms with Crippen molar-refractivity contribution in [2.24, 2.45) is 0 Å². The van der Waals surface area contributed by atoms with Crippen LogP contribution >= 0.6 is 0 Å². The first kappa shape index (κ1) is 12.2. The molecule has 2 nitrogen and oxygen atoms in total. The number of nitrogens with zero attached hydrogens (tertiary/aromatic N) is 1. The molecular formula is C13H21NO. The summed E-state index contributed by atoms with van der Waals surface area (Å²) in [7, 11) is 4.17. The molecule has 0 heterocycles. The Bertz CT molecular complexity index is 266. The highest BCUT2D eigenvalue weighted by atomic mass is 16.5. The molecule has 1 aromatic carbocycles. The largest absolute Gasteiger partial charge is 0.377 e. The average molecular weight is 207 g/mol. The molecule has 0 aliphatic heterocycles. The highest BCUT2D eigenvalue weighted by molar-refractivity contribution is 5.20. The van der Waals surface area contributed by atoms with Crippen LogP contribution in [0.1, 0.15) is 17.5 Å². The second-order valence-corrected chi connectivity index (χ2v) is 4.20. The molecule has 0 unspecified atom stereocenters. The zero-order chi connectivity index (χ0) is 11.1. The van der Waals surface area contributed by atoms with Crippen LogP contribution in [-0.4, -0.2) is 32.1 Å². The summed E-state index contributed by atoms with van der Waals surface area (Å²) in [6.45, 7) is 4.76. The van der Waals surface area contributed by atoms with Gasteiger partial charge in [-0.15, -0.1) is 0 Å². The van der Waals surface area contributed by atoms with E-state index in [1.165, 1.54) is 11.1 Å². The van der Waals surface area contributed by atoms with Gasteiger partial charge in [0.05, 0.1) is 6.61 Å². The Kier molecular flexibility index (Phi) is 5.37. The van der Waals surface area contributed by atoms with Gasteiger partial charge in [-0.3, -0.25) is 0 Å². The van der Waals surface area contributed by atoms with Gasteiger partial charge in [-0.1, -0.05) is 29.8 Å². The van der Waals surface area contributed by atoms with Crippen LogP contribution in [0.4, 0.5) is 0 Å². The first-order valence-corrected chi connectivity index (χ1v) is 5.46. The minimum Gasteiger partial charge on any atom is -0.377 e. The van der Waals surface area contributed by atoms with Crippen molar-refractivity contribution < 1.29 is 4.74 Å². The maximum absolute atomic E-state index is 5.58. The number of hydrogen-bond acceptors (Lipinski definition) is 2. The van der Waals surface area contributed by atoms with Crippen molar-refractivity contribution in [3.05, 3.63) is 35.4 Å². The predicted molar refractivity (Wildman–Crippen MR) is 64.0 cm³/mol. The minimum atomic E-state index is 0.730. The fourth-order valence-electron chi connectivity index (χ4n) is 1.36. The molecule has 1 rings (SSSR count). The Labute approximate surface area is 92.9 Å². The molecule has 15 heavy (non-hydrogen) atoms. The van der Waals surface area contributed by atoms with Gasteiger partial charge < -0.3 is 9.64 Å². The van der Waals surface area contributed by atoms with Crippen molar-refractivity contribution in [3.63, 3.8) is 0 Å². The summed E-state index contributed by atoms with van der Waals surface area (Å²) in [5.41, 5.74) is 2.55. The summed E-state index contributed by atoms with van der Waals surface area (Å²) in [5.74, 6) is 0. The van der Waals surface area contributed by atoms with E-state index in [1.807, 2.05) is 0 Å². The van der Waals surface area contributed by atoms with E-state index < -0.39 is 0 Å². The monoisotopic (exact) mass is 207 g/mol. The molecule has 2 heteroatoms. The third kappa shape index (κ3) is 5.55. The lowest BCUT2D eigenvalue weighted by Gasteiger charge is -2.09. The van der Waals surface area contributed by atoms with Gasteiger partial charge >= 0.3 is 0 Å². The van der Waals surface area contributed by atoms with Crippen molar-refractivity contribution >= 4 is 0 Å². The molecule has 0 spiro atoms. The highest BCUT2D eigenvalue weighted by Gasteiger charge is 1.94. The van der Waals surface area contributed by atoms with Gasteiger partial charge in [0.25, 0.3) is 0 Å². The SMILES string of the molecule is Cc1ccc(COCCCN(C)C)cc1.